The van der Waals surface area contributed by atoms with Crippen molar-refractivity contribution in [3.05, 3.63) is 64.6 Å². The molecule has 21 heavy (non-hydrogen) atoms. The minimum atomic E-state index is -0.637. The molecule has 110 valence electrons. The minimum Gasteiger partial charge on any atom is -0.481 e. The van der Waals surface area contributed by atoms with Gasteiger partial charge in [0.15, 0.2) is 6.10 Å². The number of halogens is 1. The van der Waals surface area contributed by atoms with Gasteiger partial charge < -0.3 is 4.74 Å². The molecule has 0 heterocycles. The normalized spacial score (nSPS) is 11.7. The molecule has 5 heteroatoms. The third-order valence-corrected chi connectivity index (χ3v) is 3.28. The lowest BCUT2D eigenvalue weighted by atomic mass is 10.2. The minimum absolute atomic E-state index is 0.317. The first kappa shape index (κ1) is 15.5. The molecule has 0 aliphatic carbocycles. The van der Waals surface area contributed by atoms with Crippen LogP contribution in [0, 0.1) is 0 Å². The van der Waals surface area contributed by atoms with Crippen LogP contribution >= 0.6 is 15.9 Å². The summed E-state index contributed by atoms with van der Waals surface area (Å²) in [5.41, 5.74) is 3.37. The number of carbonyl (C=O) groups is 1. The van der Waals surface area contributed by atoms with Gasteiger partial charge >= 0.3 is 0 Å². The molecule has 0 saturated heterocycles. The van der Waals surface area contributed by atoms with Crippen LogP contribution in [0.25, 0.3) is 0 Å². The second-order valence-electron chi connectivity index (χ2n) is 4.45. The van der Waals surface area contributed by atoms with Crippen molar-refractivity contribution in [2.75, 3.05) is 0 Å². The van der Waals surface area contributed by atoms with Crippen molar-refractivity contribution in [1.82, 2.24) is 5.48 Å². The van der Waals surface area contributed by atoms with Crippen LogP contribution in [-0.4, -0.2) is 12.0 Å². The van der Waals surface area contributed by atoms with Crippen molar-refractivity contribution in [2.45, 2.75) is 19.6 Å². The molecule has 2 aromatic carbocycles. The van der Waals surface area contributed by atoms with Crippen molar-refractivity contribution < 1.29 is 14.4 Å². The predicted octanol–water partition coefficient (Wildman–Crippen LogP) is 3.46. The summed E-state index contributed by atoms with van der Waals surface area (Å²) in [6.07, 6.45) is -0.637. The van der Waals surface area contributed by atoms with Gasteiger partial charge in [-0.25, -0.2) is 5.48 Å². The summed E-state index contributed by atoms with van der Waals surface area (Å²) >= 11 is 3.34. The van der Waals surface area contributed by atoms with Crippen molar-refractivity contribution in [2.24, 2.45) is 0 Å². The van der Waals surface area contributed by atoms with E-state index in [1.165, 1.54) is 0 Å². The molecule has 0 bridgehead atoms. The Kier molecular flexibility index (Phi) is 5.78. The molecule has 0 aliphatic rings. The molecule has 1 atom stereocenters. The number of carbonyl (C=O) groups excluding carboxylic acids is 1. The first-order valence-corrected chi connectivity index (χ1v) is 7.32. The van der Waals surface area contributed by atoms with E-state index in [1.807, 2.05) is 42.5 Å². The first-order chi connectivity index (χ1) is 10.1. The van der Waals surface area contributed by atoms with E-state index in [1.54, 1.807) is 19.1 Å². The number of hydroxylamine groups is 1. The first-order valence-electron chi connectivity index (χ1n) is 6.53. The zero-order valence-electron chi connectivity index (χ0n) is 11.6. The van der Waals surface area contributed by atoms with Gasteiger partial charge in [-0.05, 0) is 36.8 Å². The lowest BCUT2D eigenvalue weighted by Gasteiger charge is -2.14. The third kappa shape index (κ3) is 5.21. The lowest BCUT2D eigenvalue weighted by molar-refractivity contribution is -0.141. The standard InChI is InChI=1S/C16H16BrNO3/c1-12(21-15-9-7-14(17)8-10-15)16(19)18-20-11-13-5-3-2-4-6-13/h2-10,12H,11H2,1H3,(H,18,19). The maximum Gasteiger partial charge on any atom is 0.284 e. The molecular formula is C16H16BrNO3. The number of nitrogens with one attached hydrogen (secondary N) is 1. The second kappa shape index (κ2) is 7.81. The molecule has 1 unspecified atom stereocenters. The molecule has 0 aromatic heterocycles. The Morgan fingerprint density at radius 3 is 2.48 bits per heavy atom. The fourth-order valence-electron chi connectivity index (χ4n) is 1.62. The Morgan fingerprint density at radius 2 is 1.81 bits per heavy atom. The molecule has 1 N–H and O–H groups in total. The zero-order chi connectivity index (χ0) is 15.1. The fourth-order valence-corrected chi connectivity index (χ4v) is 1.88. The maximum atomic E-state index is 11.8. The summed E-state index contributed by atoms with van der Waals surface area (Å²) in [6, 6.07) is 16.9. The van der Waals surface area contributed by atoms with E-state index in [2.05, 4.69) is 21.4 Å². The largest absolute Gasteiger partial charge is 0.481 e. The van der Waals surface area contributed by atoms with Crippen LogP contribution < -0.4 is 10.2 Å². The fraction of sp³-hybridized carbons (Fsp3) is 0.188. The average molecular weight is 350 g/mol. The molecule has 0 saturated carbocycles. The van der Waals surface area contributed by atoms with Crippen molar-refractivity contribution >= 4 is 21.8 Å². The molecule has 0 radical (unpaired) electrons. The number of ether oxygens (including phenoxy) is 1. The Labute approximate surface area is 132 Å². The Morgan fingerprint density at radius 1 is 1.14 bits per heavy atom. The van der Waals surface area contributed by atoms with Crippen molar-refractivity contribution in [3.63, 3.8) is 0 Å². The highest BCUT2D eigenvalue weighted by Crippen LogP contribution is 2.17. The lowest BCUT2D eigenvalue weighted by Crippen LogP contribution is -2.36. The van der Waals surface area contributed by atoms with Crippen LogP contribution in [0.3, 0.4) is 0 Å². The van der Waals surface area contributed by atoms with Gasteiger partial charge in [-0.3, -0.25) is 9.63 Å². The zero-order valence-corrected chi connectivity index (χ0v) is 13.2. The van der Waals surface area contributed by atoms with E-state index < -0.39 is 6.10 Å². The summed E-state index contributed by atoms with van der Waals surface area (Å²) in [6.45, 7) is 1.99. The van der Waals surface area contributed by atoms with E-state index in [0.29, 0.717) is 12.4 Å². The summed E-state index contributed by atoms with van der Waals surface area (Å²) in [7, 11) is 0. The van der Waals surface area contributed by atoms with Crippen LogP contribution in [-0.2, 0) is 16.2 Å². The van der Waals surface area contributed by atoms with Crippen molar-refractivity contribution in [1.29, 1.82) is 0 Å². The van der Waals surface area contributed by atoms with Crippen LogP contribution in [0.2, 0.25) is 0 Å². The predicted molar refractivity (Wildman–Crippen MR) is 83.6 cm³/mol. The highest BCUT2D eigenvalue weighted by molar-refractivity contribution is 9.10. The smallest absolute Gasteiger partial charge is 0.284 e. The molecule has 4 nitrogen and oxygen atoms in total. The van der Waals surface area contributed by atoms with Gasteiger partial charge in [0.25, 0.3) is 5.91 Å². The number of amides is 1. The van der Waals surface area contributed by atoms with E-state index in [4.69, 9.17) is 9.57 Å². The van der Waals surface area contributed by atoms with Crippen LogP contribution in [0.5, 0.6) is 5.75 Å². The third-order valence-electron chi connectivity index (χ3n) is 2.75. The van der Waals surface area contributed by atoms with Gasteiger partial charge in [0.2, 0.25) is 0 Å². The molecule has 1 amide bonds. The molecule has 0 spiro atoms. The van der Waals surface area contributed by atoms with Crippen LogP contribution in [0.4, 0.5) is 0 Å². The maximum absolute atomic E-state index is 11.8. The SMILES string of the molecule is CC(Oc1ccc(Br)cc1)C(=O)NOCc1ccccc1. The van der Waals surface area contributed by atoms with Crippen molar-refractivity contribution in [3.8, 4) is 5.75 Å². The number of hydrogen-bond donors (Lipinski definition) is 1. The molecule has 0 aliphatic heterocycles. The van der Waals surface area contributed by atoms with E-state index in [-0.39, 0.29) is 5.91 Å². The highest BCUT2D eigenvalue weighted by atomic mass is 79.9. The van der Waals surface area contributed by atoms with Gasteiger partial charge in [-0.1, -0.05) is 46.3 Å². The monoisotopic (exact) mass is 349 g/mol. The summed E-state index contributed by atoms with van der Waals surface area (Å²) in [4.78, 5) is 17.0. The van der Waals surface area contributed by atoms with E-state index >= 15 is 0 Å². The summed E-state index contributed by atoms with van der Waals surface area (Å²) in [5.74, 6) is 0.303. The highest BCUT2D eigenvalue weighted by Gasteiger charge is 2.14. The Balaban J connectivity index is 1.76. The van der Waals surface area contributed by atoms with Gasteiger partial charge in [-0.15, -0.1) is 0 Å². The molecular weight excluding hydrogens is 334 g/mol. The Hall–Kier alpha value is -1.85. The van der Waals surface area contributed by atoms with Gasteiger partial charge in [0, 0.05) is 4.47 Å². The summed E-state index contributed by atoms with van der Waals surface area (Å²) < 4.78 is 6.48. The van der Waals surface area contributed by atoms with Crippen LogP contribution in [0.1, 0.15) is 12.5 Å². The molecule has 0 fully saturated rings. The average Bonchev–Trinajstić information content (AvgIpc) is 2.50. The number of rotatable bonds is 6. The number of benzene rings is 2. The van der Waals surface area contributed by atoms with Gasteiger partial charge in [0.1, 0.15) is 5.75 Å². The molecule has 2 rings (SSSR count). The summed E-state index contributed by atoms with van der Waals surface area (Å²) in [5, 5.41) is 0. The molecule has 2 aromatic rings. The topological polar surface area (TPSA) is 47.6 Å². The quantitative estimate of drug-likeness (QED) is 0.812. The van der Waals surface area contributed by atoms with Crippen LogP contribution in [0.15, 0.2) is 59.1 Å². The van der Waals surface area contributed by atoms with E-state index in [9.17, 15) is 4.79 Å². The van der Waals surface area contributed by atoms with Gasteiger partial charge in [0.05, 0.1) is 6.61 Å². The second-order valence-corrected chi connectivity index (χ2v) is 5.37. The van der Waals surface area contributed by atoms with E-state index in [0.717, 1.165) is 10.0 Å². The van der Waals surface area contributed by atoms with Gasteiger partial charge in [-0.2, -0.15) is 0 Å². The number of hydrogen-bond acceptors (Lipinski definition) is 3. The Bertz CT molecular complexity index is 572.